The van der Waals surface area contributed by atoms with Crippen molar-refractivity contribution >= 4 is 39.3 Å². The number of fused-ring (bicyclic) bond motifs is 2. The number of halogens is 1. The highest BCUT2D eigenvalue weighted by Crippen LogP contribution is 2.37. The minimum Gasteiger partial charge on any atom is -0.463 e. The van der Waals surface area contributed by atoms with Crippen LogP contribution in [0.4, 0.5) is 0 Å². The van der Waals surface area contributed by atoms with Crippen LogP contribution in [0.3, 0.4) is 0 Å². The van der Waals surface area contributed by atoms with E-state index in [1.54, 1.807) is 24.5 Å². The lowest BCUT2D eigenvalue weighted by atomic mass is 9.95. The fourth-order valence-electron chi connectivity index (χ4n) is 4.04. The molecule has 0 saturated heterocycles. The van der Waals surface area contributed by atoms with Crippen LogP contribution >= 0.6 is 27.3 Å². The molecule has 1 atom stereocenters. The zero-order valence-corrected chi connectivity index (χ0v) is 21.2. The summed E-state index contributed by atoms with van der Waals surface area (Å²) in [4.78, 5) is 31.8. The molecule has 2 aromatic carbocycles. The van der Waals surface area contributed by atoms with Crippen LogP contribution in [0.1, 0.15) is 36.6 Å². The van der Waals surface area contributed by atoms with Crippen LogP contribution in [-0.4, -0.2) is 23.9 Å². The smallest absolute Gasteiger partial charge is 0.338 e. The maximum Gasteiger partial charge on any atom is 0.338 e. The molecular formula is C25H21BrN2O5S. The molecule has 0 aliphatic carbocycles. The standard InChI is InChI=1S/C25H21BrN2O5S/c1-4-31-24(30)21-14(3)27-25-28(22(21)15-7-5-13(2)6-8-15)23(29)20(34-25)10-16-9-18-19(11-17(16)26)33-12-32-18/h5-11,22H,4,12H2,1-3H3/b20-10-/t22-/m0/s1. The summed E-state index contributed by atoms with van der Waals surface area (Å²) in [5.41, 5.74) is 3.37. The minimum absolute atomic E-state index is 0.167. The molecule has 0 spiro atoms. The second-order valence-electron chi connectivity index (χ2n) is 7.94. The molecule has 2 aliphatic heterocycles. The Morgan fingerprint density at radius 1 is 1.24 bits per heavy atom. The molecule has 0 bridgehead atoms. The zero-order chi connectivity index (χ0) is 24.0. The van der Waals surface area contributed by atoms with E-state index < -0.39 is 12.0 Å². The minimum atomic E-state index is -0.627. The molecule has 0 unspecified atom stereocenters. The first-order valence-corrected chi connectivity index (χ1v) is 12.3. The van der Waals surface area contributed by atoms with Gasteiger partial charge in [0.2, 0.25) is 6.79 Å². The number of benzene rings is 2. The molecule has 3 aromatic rings. The van der Waals surface area contributed by atoms with Crippen molar-refractivity contribution in [2.75, 3.05) is 13.4 Å². The van der Waals surface area contributed by atoms with Gasteiger partial charge in [-0.2, -0.15) is 0 Å². The number of rotatable bonds is 4. The van der Waals surface area contributed by atoms with Crippen LogP contribution in [0, 0.1) is 6.92 Å². The molecule has 1 aromatic heterocycles. The van der Waals surface area contributed by atoms with Crippen LogP contribution in [0.5, 0.6) is 11.5 Å². The van der Waals surface area contributed by atoms with Gasteiger partial charge in [0.25, 0.3) is 5.56 Å². The van der Waals surface area contributed by atoms with Gasteiger partial charge in [-0.3, -0.25) is 9.36 Å². The highest BCUT2D eigenvalue weighted by atomic mass is 79.9. The Balaban J connectivity index is 1.71. The molecule has 5 rings (SSSR count). The van der Waals surface area contributed by atoms with Gasteiger partial charge in [-0.15, -0.1) is 0 Å². The van der Waals surface area contributed by atoms with E-state index in [1.807, 2.05) is 43.3 Å². The summed E-state index contributed by atoms with van der Waals surface area (Å²) in [5.74, 6) is 0.807. The van der Waals surface area contributed by atoms with Gasteiger partial charge in [0.15, 0.2) is 16.3 Å². The van der Waals surface area contributed by atoms with Gasteiger partial charge in [0.05, 0.1) is 28.5 Å². The second kappa shape index (κ2) is 8.88. The van der Waals surface area contributed by atoms with Crippen LogP contribution in [-0.2, 0) is 9.53 Å². The summed E-state index contributed by atoms with van der Waals surface area (Å²) in [5, 5.41) is 0. The van der Waals surface area contributed by atoms with Gasteiger partial charge >= 0.3 is 5.97 Å². The number of ether oxygens (including phenoxy) is 3. The van der Waals surface area contributed by atoms with Gasteiger partial charge in [-0.05, 0) is 50.1 Å². The van der Waals surface area contributed by atoms with Crippen LogP contribution in [0.25, 0.3) is 6.08 Å². The molecule has 7 nitrogen and oxygen atoms in total. The third-order valence-corrected chi connectivity index (χ3v) is 7.36. The van der Waals surface area contributed by atoms with Gasteiger partial charge in [0, 0.05) is 4.47 Å². The van der Waals surface area contributed by atoms with Gasteiger partial charge in [-0.1, -0.05) is 57.1 Å². The van der Waals surface area contributed by atoms with Crippen LogP contribution in [0.15, 0.2) is 61.9 Å². The maximum atomic E-state index is 13.7. The van der Waals surface area contributed by atoms with Crippen molar-refractivity contribution in [2.24, 2.45) is 4.99 Å². The van der Waals surface area contributed by atoms with Crippen molar-refractivity contribution < 1.29 is 19.0 Å². The summed E-state index contributed by atoms with van der Waals surface area (Å²) >= 11 is 4.83. The molecule has 34 heavy (non-hydrogen) atoms. The van der Waals surface area contributed by atoms with Gasteiger partial charge in [-0.25, -0.2) is 9.79 Å². The monoisotopic (exact) mass is 540 g/mol. The third kappa shape index (κ3) is 3.88. The predicted molar refractivity (Wildman–Crippen MR) is 132 cm³/mol. The van der Waals surface area contributed by atoms with E-state index in [1.165, 1.54) is 11.3 Å². The molecule has 0 fully saturated rings. The lowest BCUT2D eigenvalue weighted by Gasteiger charge is -2.24. The average molecular weight is 541 g/mol. The molecule has 0 N–H and O–H groups in total. The van der Waals surface area contributed by atoms with Crippen molar-refractivity contribution in [3.63, 3.8) is 0 Å². The number of carbonyl (C=O) groups excluding carboxylic acids is 1. The van der Waals surface area contributed by atoms with E-state index in [-0.39, 0.29) is 19.0 Å². The Morgan fingerprint density at radius 2 is 1.94 bits per heavy atom. The zero-order valence-electron chi connectivity index (χ0n) is 18.8. The molecule has 2 aliphatic rings. The third-order valence-electron chi connectivity index (χ3n) is 5.69. The van der Waals surface area contributed by atoms with Crippen molar-refractivity contribution in [1.29, 1.82) is 0 Å². The molecular weight excluding hydrogens is 520 g/mol. The van der Waals surface area contributed by atoms with Gasteiger partial charge < -0.3 is 14.2 Å². The summed E-state index contributed by atoms with van der Waals surface area (Å²) in [6.45, 7) is 5.93. The number of hydrogen-bond donors (Lipinski definition) is 0. The van der Waals surface area contributed by atoms with Crippen molar-refractivity contribution in [3.05, 3.63) is 88.5 Å². The number of hydrogen-bond acceptors (Lipinski definition) is 7. The Morgan fingerprint density at radius 3 is 2.65 bits per heavy atom. The number of allylic oxidation sites excluding steroid dienone is 1. The summed E-state index contributed by atoms with van der Waals surface area (Å²) < 4.78 is 19.1. The number of aryl methyl sites for hydroxylation is 1. The number of thiazole rings is 1. The number of esters is 1. The van der Waals surface area contributed by atoms with E-state index in [0.717, 1.165) is 21.2 Å². The summed E-state index contributed by atoms with van der Waals surface area (Å²) in [6.07, 6.45) is 1.80. The lowest BCUT2D eigenvalue weighted by molar-refractivity contribution is -0.139. The fraction of sp³-hybridized carbons (Fsp3) is 0.240. The van der Waals surface area contributed by atoms with E-state index in [2.05, 4.69) is 20.9 Å². The van der Waals surface area contributed by atoms with E-state index >= 15 is 0 Å². The topological polar surface area (TPSA) is 79.1 Å². The van der Waals surface area contributed by atoms with E-state index in [9.17, 15) is 9.59 Å². The number of nitrogens with zero attached hydrogens (tertiary/aromatic N) is 2. The average Bonchev–Trinajstić information content (AvgIpc) is 3.37. The SMILES string of the molecule is CCOC(=O)C1=C(C)N=c2s/c(=C\c3cc4c(cc3Br)OCO4)c(=O)n2[C@H]1c1ccc(C)cc1. The van der Waals surface area contributed by atoms with Gasteiger partial charge in [0.1, 0.15) is 0 Å². The molecule has 0 radical (unpaired) electrons. The predicted octanol–water partition coefficient (Wildman–Crippen LogP) is 3.60. The van der Waals surface area contributed by atoms with Crippen LogP contribution < -0.4 is 24.4 Å². The van der Waals surface area contributed by atoms with Crippen molar-refractivity contribution in [3.8, 4) is 11.5 Å². The quantitative estimate of drug-likeness (QED) is 0.472. The lowest BCUT2D eigenvalue weighted by Crippen LogP contribution is -2.39. The molecule has 9 heteroatoms. The molecule has 0 amide bonds. The molecule has 0 saturated carbocycles. The largest absolute Gasteiger partial charge is 0.463 e. The highest BCUT2D eigenvalue weighted by Gasteiger charge is 2.33. The van der Waals surface area contributed by atoms with Crippen LogP contribution in [0.2, 0.25) is 0 Å². The molecule has 3 heterocycles. The molecule has 174 valence electrons. The first-order chi connectivity index (χ1) is 16.4. The highest BCUT2D eigenvalue weighted by molar-refractivity contribution is 9.10. The first kappa shape index (κ1) is 22.6. The van der Waals surface area contributed by atoms with E-state index in [0.29, 0.717) is 32.1 Å². The number of carbonyl (C=O) groups is 1. The fourth-order valence-corrected chi connectivity index (χ4v) is 5.51. The Labute approximate surface area is 207 Å². The Kier molecular flexibility index (Phi) is 5.91. The summed E-state index contributed by atoms with van der Waals surface area (Å²) in [7, 11) is 0. The van der Waals surface area contributed by atoms with Crippen molar-refractivity contribution in [1.82, 2.24) is 4.57 Å². The van der Waals surface area contributed by atoms with E-state index in [4.69, 9.17) is 14.2 Å². The normalized spacial score (nSPS) is 16.9. The summed E-state index contributed by atoms with van der Waals surface area (Å²) in [6, 6.07) is 10.8. The Hall–Kier alpha value is -3.17. The second-order valence-corrected chi connectivity index (χ2v) is 9.80. The first-order valence-electron chi connectivity index (χ1n) is 10.7. The Bertz CT molecular complexity index is 1520. The maximum absolute atomic E-state index is 13.7. The number of aromatic nitrogens is 1. The van der Waals surface area contributed by atoms with Crippen molar-refractivity contribution in [2.45, 2.75) is 26.8 Å².